The molecular formula is C46H48F2N14. The Bertz CT molecular complexity index is 2610. The maximum Gasteiger partial charge on any atom is 0.229 e. The van der Waals surface area contributed by atoms with Crippen molar-refractivity contribution < 1.29 is 8.78 Å². The van der Waals surface area contributed by atoms with Gasteiger partial charge in [-0.25, -0.2) is 18.7 Å². The predicted molar refractivity (Wildman–Crippen MR) is 240 cm³/mol. The topological polar surface area (TPSA) is 169 Å². The lowest BCUT2D eigenvalue weighted by atomic mass is 9.96. The van der Waals surface area contributed by atoms with Crippen LogP contribution in [0.3, 0.4) is 0 Å². The molecule has 0 aliphatic carbocycles. The molecule has 0 spiro atoms. The van der Waals surface area contributed by atoms with Gasteiger partial charge in [0.1, 0.15) is 11.6 Å². The maximum atomic E-state index is 14.3. The summed E-state index contributed by atoms with van der Waals surface area (Å²) in [5.41, 5.74) is 19.8. The molecule has 2 fully saturated rings. The first-order valence-electron chi connectivity index (χ1n) is 20.8. The Morgan fingerprint density at radius 1 is 0.548 bits per heavy atom. The van der Waals surface area contributed by atoms with Crippen molar-refractivity contribution in [2.45, 2.75) is 38.8 Å². The zero-order valence-corrected chi connectivity index (χ0v) is 34.5. The number of rotatable bonds is 8. The molecule has 14 nitrogen and oxygen atoms in total. The summed E-state index contributed by atoms with van der Waals surface area (Å²) in [6.45, 7) is 7.89. The van der Waals surface area contributed by atoms with E-state index in [1.54, 1.807) is 94.7 Å². The number of fused-ring (bicyclic) bond motifs is 2. The van der Waals surface area contributed by atoms with E-state index in [1.807, 2.05) is 24.3 Å². The molecule has 2 aromatic carbocycles. The molecule has 6 aromatic heterocycles. The fraction of sp³-hybridized carbons (Fsp3) is 0.261. The molecule has 8 heterocycles. The molecule has 4 atom stereocenters. The molecule has 6 N–H and O–H groups in total. The van der Waals surface area contributed by atoms with E-state index < -0.39 is 0 Å². The summed E-state index contributed by atoms with van der Waals surface area (Å²) in [5, 5.41) is 16.0. The number of benzene rings is 2. The predicted octanol–water partition coefficient (Wildman–Crippen LogP) is 7.70. The first-order valence-corrected chi connectivity index (χ1v) is 20.8. The number of piperidine rings is 2. The summed E-state index contributed by atoms with van der Waals surface area (Å²) in [5.74, 6) is 1.49. The van der Waals surface area contributed by atoms with Gasteiger partial charge in [0.15, 0.2) is 0 Å². The third-order valence-corrected chi connectivity index (χ3v) is 11.2. The van der Waals surface area contributed by atoms with Crippen molar-refractivity contribution in [3.05, 3.63) is 134 Å². The van der Waals surface area contributed by atoms with Crippen LogP contribution in [-0.4, -0.2) is 77.4 Å². The van der Waals surface area contributed by atoms with Gasteiger partial charge in [0, 0.05) is 61.8 Å². The average molecular weight is 835 g/mol. The first kappa shape index (κ1) is 40.4. The highest BCUT2D eigenvalue weighted by Crippen LogP contribution is 2.33. The lowest BCUT2D eigenvalue weighted by molar-refractivity contribution is 0.402. The molecule has 10 rings (SSSR count). The van der Waals surface area contributed by atoms with E-state index in [0.29, 0.717) is 46.2 Å². The number of hydrogen-bond donors (Lipinski definition) is 4. The normalized spacial score (nSPS) is 19.0. The quantitative estimate of drug-likeness (QED) is 0.118. The van der Waals surface area contributed by atoms with E-state index in [2.05, 4.69) is 64.4 Å². The lowest BCUT2D eigenvalue weighted by Gasteiger charge is -2.37. The van der Waals surface area contributed by atoms with Crippen LogP contribution >= 0.6 is 0 Å². The number of anilines is 6. The number of nitrogens with two attached hydrogens (primary N) is 2. The molecule has 0 amide bonds. The van der Waals surface area contributed by atoms with Gasteiger partial charge in [0.2, 0.25) is 11.9 Å². The minimum atomic E-state index is -0.311. The van der Waals surface area contributed by atoms with Crippen LogP contribution in [0, 0.1) is 23.5 Å². The Morgan fingerprint density at radius 3 is 1.40 bits per heavy atom. The van der Waals surface area contributed by atoms with Crippen LogP contribution in [0.2, 0.25) is 0 Å². The van der Waals surface area contributed by atoms with Gasteiger partial charge in [0.25, 0.3) is 0 Å². The Kier molecular flexibility index (Phi) is 11.4. The highest BCUT2D eigenvalue weighted by Gasteiger charge is 2.26. The summed E-state index contributed by atoms with van der Waals surface area (Å²) in [6.07, 6.45) is 12.6. The number of nitrogens with one attached hydrogen (secondary N) is 2. The SMILES string of the molecule is C[C@@H]1C[C@H](N)CN(c2ccncc2Nc2ncc3ccc(-c4ccccc4F)nn23)C1.C[C@H]1C[C@@H](N)CN(c2ccncc2Nc2ncc3ccc(-c4ccccc4F)nn23)C1. The molecule has 0 unspecified atom stereocenters. The Morgan fingerprint density at radius 2 is 0.984 bits per heavy atom. The molecule has 2 saturated heterocycles. The van der Waals surface area contributed by atoms with Gasteiger partial charge in [-0.05, 0) is 85.3 Å². The molecule has 316 valence electrons. The molecule has 0 bridgehead atoms. The molecule has 2 aliphatic rings. The van der Waals surface area contributed by atoms with Crippen molar-refractivity contribution in [3.8, 4) is 22.5 Å². The fourth-order valence-corrected chi connectivity index (χ4v) is 8.51. The standard InChI is InChI=1S/2C23H24FN7/c2*1-15-10-16(25)14-30(13-15)22-8-9-26-12-21(22)28-23-27-11-17-6-7-20(29-31(17)23)18-4-2-3-5-19(18)24/h2*2-9,11-12,15-16H,10,13-14,25H2,1H3,(H,27,28)/t2*15-,16+/m10/s1. The monoisotopic (exact) mass is 834 g/mol. The van der Waals surface area contributed by atoms with E-state index >= 15 is 0 Å². The Labute approximate surface area is 357 Å². The number of imidazole rings is 2. The highest BCUT2D eigenvalue weighted by atomic mass is 19.1. The fourth-order valence-electron chi connectivity index (χ4n) is 8.51. The van der Waals surface area contributed by atoms with E-state index in [9.17, 15) is 8.78 Å². The molecule has 16 heteroatoms. The van der Waals surface area contributed by atoms with Crippen molar-refractivity contribution in [2.24, 2.45) is 23.3 Å². The molecule has 62 heavy (non-hydrogen) atoms. The van der Waals surface area contributed by atoms with Gasteiger partial charge in [-0.3, -0.25) is 9.97 Å². The molecule has 8 aromatic rings. The average Bonchev–Trinajstić information content (AvgIpc) is 3.86. The van der Waals surface area contributed by atoms with Crippen LogP contribution in [0.15, 0.2) is 122 Å². The summed E-state index contributed by atoms with van der Waals surface area (Å²) in [7, 11) is 0. The third-order valence-electron chi connectivity index (χ3n) is 11.2. The first-order chi connectivity index (χ1) is 30.2. The zero-order chi connectivity index (χ0) is 42.7. The van der Waals surface area contributed by atoms with E-state index in [-0.39, 0.29) is 23.7 Å². The molecular weight excluding hydrogens is 787 g/mol. The van der Waals surface area contributed by atoms with Gasteiger partial charge >= 0.3 is 0 Å². The molecule has 0 radical (unpaired) electrons. The smallest absolute Gasteiger partial charge is 0.229 e. The van der Waals surface area contributed by atoms with Crippen molar-refractivity contribution >= 4 is 45.7 Å². The van der Waals surface area contributed by atoms with Gasteiger partial charge < -0.3 is 31.9 Å². The second kappa shape index (κ2) is 17.5. The van der Waals surface area contributed by atoms with Crippen molar-refractivity contribution in [1.29, 1.82) is 0 Å². The minimum absolute atomic E-state index is 0.141. The number of aromatic nitrogens is 8. The van der Waals surface area contributed by atoms with Gasteiger partial charge in [-0.2, -0.15) is 19.2 Å². The van der Waals surface area contributed by atoms with Crippen LogP contribution in [-0.2, 0) is 0 Å². The number of halogens is 2. The second-order valence-electron chi connectivity index (χ2n) is 16.3. The summed E-state index contributed by atoms with van der Waals surface area (Å²) in [6, 6.07) is 24.8. The number of hydrogen-bond acceptors (Lipinski definition) is 12. The Balaban J connectivity index is 0.000000158. The van der Waals surface area contributed by atoms with Crippen molar-refractivity contribution in [1.82, 2.24) is 39.2 Å². The van der Waals surface area contributed by atoms with Gasteiger partial charge in [-0.1, -0.05) is 38.1 Å². The van der Waals surface area contributed by atoms with Crippen molar-refractivity contribution in [2.75, 3.05) is 46.6 Å². The zero-order valence-electron chi connectivity index (χ0n) is 34.5. The van der Waals surface area contributed by atoms with Crippen LogP contribution in [0.25, 0.3) is 33.5 Å². The van der Waals surface area contributed by atoms with E-state index in [0.717, 1.165) is 72.8 Å². The van der Waals surface area contributed by atoms with Gasteiger partial charge in [0.05, 0.1) is 70.0 Å². The van der Waals surface area contributed by atoms with Crippen LogP contribution in [0.4, 0.5) is 43.4 Å². The molecule has 0 saturated carbocycles. The molecule has 2 aliphatic heterocycles. The number of pyridine rings is 2. The Hall–Kier alpha value is -7.04. The maximum absolute atomic E-state index is 14.3. The summed E-state index contributed by atoms with van der Waals surface area (Å²) < 4.78 is 31.9. The minimum Gasteiger partial charge on any atom is -0.368 e. The second-order valence-corrected chi connectivity index (χ2v) is 16.3. The van der Waals surface area contributed by atoms with E-state index in [1.165, 1.54) is 12.1 Å². The largest absolute Gasteiger partial charge is 0.368 e. The third kappa shape index (κ3) is 8.60. The lowest BCUT2D eigenvalue weighted by Crippen LogP contribution is -2.46. The van der Waals surface area contributed by atoms with Crippen LogP contribution < -0.4 is 31.9 Å². The summed E-state index contributed by atoms with van der Waals surface area (Å²) >= 11 is 0. The van der Waals surface area contributed by atoms with Crippen LogP contribution in [0.1, 0.15) is 26.7 Å². The van der Waals surface area contributed by atoms with Gasteiger partial charge in [-0.15, -0.1) is 0 Å². The van der Waals surface area contributed by atoms with Crippen LogP contribution in [0.5, 0.6) is 0 Å². The van der Waals surface area contributed by atoms with E-state index in [4.69, 9.17) is 11.5 Å². The highest BCUT2D eigenvalue weighted by molar-refractivity contribution is 5.75. The number of nitrogens with zero attached hydrogens (tertiary/aromatic N) is 10. The summed E-state index contributed by atoms with van der Waals surface area (Å²) in [4.78, 5) is 22.1. The van der Waals surface area contributed by atoms with Crippen molar-refractivity contribution in [3.63, 3.8) is 0 Å².